The van der Waals surface area contributed by atoms with Crippen molar-refractivity contribution in [1.29, 1.82) is 0 Å². The molecule has 3 nitrogen and oxygen atoms in total. The van der Waals surface area contributed by atoms with Gasteiger partial charge in [0, 0.05) is 4.47 Å². The molecule has 4 heteroatoms. The Bertz CT molecular complexity index is 536. The molecule has 0 unspecified atom stereocenters. The second kappa shape index (κ2) is 3.29. The van der Waals surface area contributed by atoms with Gasteiger partial charge in [0.15, 0.2) is 0 Å². The SMILES string of the molecule is CC1(C)CC(n2nnc3cc(Br)ccc32)C1. The molecule has 1 aromatic heterocycles. The quantitative estimate of drug-likeness (QED) is 0.799. The summed E-state index contributed by atoms with van der Waals surface area (Å²) < 4.78 is 3.13. The lowest BCUT2D eigenvalue weighted by molar-refractivity contribution is 0.0966. The van der Waals surface area contributed by atoms with E-state index in [1.807, 2.05) is 12.1 Å². The molecule has 0 bridgehead atoms. The van der Waals surface area contributed by atoms with Crippen LogP contribution in [0.1, 0.15) is 32.7 Å². The number of halogens is 1. The smallest absolute Gasteiger partial charge is 0.114 e. The molecule has 84 valence electrons. The average Bonchev–Trinajstić information content (AvgIpc) is 2.56. The number of rotatable bonds is 1. The molecule has 0 atom stereocenters. The Labute approximate surface area is 103 Å². The molecule has 1 heterocycles. The predicted molar refractivity (Wildman–Crippen MR) is 67.3 cm³/mol. The average molecular weight is 280 g/mol. The van der Waals surface area contributed by atoms with Crippen molar-refractivity contribution in [3.63, 3.8) is 0 Å². The van der Waals surface area contributed by atoms with Gasteiger partial charge in [0.2, 0.25) is 0 Å². The lowest BCUT2D eigenvalue weighted by Gasteiger charge is -2.42. The van der Waals surface area contributed by atoms with Gasteiger partial charge in [0.1, 0.15) is 5.52 Å². The highest BCUT2D eigenvalue weighted by Gasteiger charge is 2.38. The molecule has 1 aliphatic rings. The molecular weight excluding hydrogens is 266 g/mol. The first-order chi connectivity index (χ1) is 7.55. The van der Waals surface area contributed by atoms with Crippen LogP contribution in [0.4, 0.5) is 0 Å². The minimum Gasteiger partial charge on any atom is -0.242 e. The molecule has 1 aromatic carbocycles. The van der Waals surface area contributed by atoms with E-state index in [0.717, 1.165) is 15.5 Å². The van der Waals surface area contributed by atoms with E-state index < -0.39 is 0 Å². The highest BCUT2D eigenvalue weighted by atomic mass is 79.9. The number of hydrogen-bond acceptors (Lipinski definition) is 2. The highest BCUT2D eigenvalue weighted by molar-refractivity contribution is 9.10. The first-order valence-electron chi connectivity index (χ1n) is 5.56. The maximum absolute atomic E-state index is 4.27. The summed E-state index contributed by atoms with van der Waals surface area (Å²) in [6.07, 6.45) is 2.39. The van der Waals surface area contributed by atoms with Crippen LogP contribution in [0, 0.1) is 5.41 Å². The first kappa shape index (κ1) is 10.3. The highest BCUT2D eigenvalue weighted by Crippen LogP contribution is 2.48. The number of nitrogens with zero attached hydrogens (tertiary/aromatic N) is 3. The number of aromatic nitrogens is 3. The Morgan fingerprint density at radius 2 is 2.12 bits per heavy atom. The van der Waals surface area contributed by atoms with Crippen molar-refractivity contribution < 1.29 is 0 Å². The van der Waals surface area contributed by atoms with E-state index in [-0.39, 0.29) is 0 Å². The molecule has 3 rings (SSSR count). The summed E-state index contributed by atoms with van der Waals surface area (Å²) in [7, 11) is 0. The lowest BCUT2D eigenvalue weighted by atomic mass is 9.68. The molecule has 0 spiro atoms. The summed E-state index contributed by atoms with van der Waals surface area (Å²) in [6, 6.07) is 6.68. The summed E-state index contributed by atoms with van der Waals surface area (Å²) in [4.78, 5) is 0. The zero-order valence-electron chi connectivity index (χ0n) is 9.44. The van der Waals surface area contributed by atoms with Crippen LogP contribution in [0.15, 0.2) is 22.7 Å². The van der Waals surface area contributed by atoms with E-state index in [1.165, 1.54) is 12.8 Å². The van der Waals surface area contributed by atoms with E-state index in [1.54, 1.807) is 0 Å². The molecule has 1 saturated carbocycles. The molecule has 0 radical (unpaired) electrons. The molecular formula is C12H14BrN3. The van der Waals surface area contributed by atoms with Crippen LogP contribution in [0.5, 0.6) is 0 Å². The molecule has 2 aromatic rings. The van der Waals surface area contributed by atoms with Gasteiger partial charge >= 0.3 is 0 Å². The third kappa shape index (κ3) is 1.56. The van der Waals surface area contributed by atoms with Gasteiger partial charge in [0.25, 0.3) is 0 Å². The fourth-order valence-electron chi connectivity index (χ4n) is 2.57. The third-order valence-electron chi connectivity index (χ3n) is 3.36. The van der Waals surface area contributed by atoms with E-state index >= 15 is 0 Å². The minimum absolute atomic E-state index is 0.471. The Hall–Kier alpha value is -0.900. The fourth-order valence-corrected chi connectivity index (χ4v) is 2.92. The molecule has 0 N–H and O–H groups in total. The van der Waals surface area contributed by atoms with Crippen molar-refractivity contribution in [1.82, 2.24) is 15.0 Å². The van der Waals surface area contributed by atoms with Crippen LogP contribution < -0.4 is 0 Å². The largest absolute Gasteiger partial charge is 0.242 e. The minimum atomic E-state index is 0.471. The summed E-state index contributed by atoms with van der Waals surface area (Å²) in [5, 5.41) is 8.48. The van der Waals surface area contributed by atoms with Crippen LogP contribution in [-0.2, 0) is 0 Å². The summed E-state index contributed by atoms with van der Waals surface area (Å²) >= 11 is 3.45. The topological polar surface area (TPSA) is 30.7 Å². The van der Waals surface area contributed by atoms with Gasteiger partial charge in [-0.3, -0.25) is 0 Å². The maximum atomic E-state index is 4.27. The Kier molecular flexibility index (Phi) is 2.11. The van der Waals surface area contributed by atoms with Crippen LogP contribution in [0.3, 0.4) is 0 Å². The van der Waals surface area contributed by atoms with Crippen LogP contribution in [-0.4, -0.2) is 15.0 Å². The standard InChI is InChI=1S/C12H14BrN3/c1-12(2)6-9(7-12)16-11-4-3-8(13)5-10(11)14-15-16/h3-5,9H,6-7H2,1-2H3. The Morgan fingerprint density at radius 3 is 2.81 bits per heavy atom. The van der Waals surface area contributed by atoms with Crippen molar-refractivity contribution in [2.45, 2.75) is 32.7 Å². The lowest BCUT2D eigenvalue weighted by Crippen LogP contribution is -2.34. The van der Waals surface area contributed by atoms with Crippen molar-refractivity contribution >= 4 is 27.0 Å². The van der Waals surface area contributed by atoms with Gasteiger partial charge in [-0.2, -0.15) is 0 Å². The number of benzene rings is 1. The molecule has 1 fully saturated rings. The first-order valence-corrected chi connectivity index (χ1v) is 6.35. The van der Waals surface area contributed by atoms with Crippen LogP contribution in [0.25, 0.3) is 11.0 Å². The van der Waals surface area contributed by atoms with E-state index in [2.05, 4.69) is 50.8 Å². The zero-order valence-corrected chi connectivity index (χ0v) is 11.0. The van der Waals surface area contributed by atoms with Crippen molar-refractivity contribution in [3.8, 4) is 0 Å². The van der Waals surface area contributed by atoms with Gasteiger partial charge in [-0.1, -0.05) is 35.0 Å². The van der Waals surface area contributed by atoms with E-state index in [4.69, 9.17) is 0 Å². The van der Waals surface area contributed by atoms with Crippen molar-refractivity contribution in [3.05, 3.63) is 22.7 Å². The van der Waals surface area contributed by atoms with E-state index in [0.29, 0.717) is 11.5 Å². The van der Waals surface area contributed by atoms with Crippen molar-refractivity contribution in [2.75, 3.05) is 0 Å². The summed E-state index contributed by atoms with van der Waals surface area (Å²) in [5.74, 6) is 0. The maximum Gasteiger partial charge on any atom is 0.114 e. The fraction of sp³-hybridized carbons (Fsp3) is 0.500. The second-order valence-corrected chi connectivity index (χ2v) is 6.31. The van der Waals surface area contributed by atoms with Crippen molar-refractivity contribution in [2.24, 2.45) is 5.41 Å². The zero-order chi connectivity index (χ0) is 11.3. The van der Waals surface area contributed by atoms with Crippen LogP contribution >= 0.6 is 15.9 Å². The monoisotopic (exact) mass is 279 g/mol. The Morgan fingerprint density at radius 1 is 1.38 bits per heavy atom. The van der Waals surface area contributed by atoms with Gasteiger partial charge in [-0.25, -0.2) is 4.68 Å². The molecule has 0 aliphatic heterocycles. The van der Waals surface area contributed by atoms with Gasteiger partial charge < -0.3 is 0 Å². The second-order valence-electron chi connectivity index (χ2n) is 5.39. The van der Waals surface area contributed by atoms with E-state index in [9.17, 15) is 0 Å². The van der Waals surface area contributed by atoms with Crippen LogP contribution in [0.2, 0.25) is 0 Å². The molecule has 1 aliphatic carbocycles. The molecule has 0 saturated heterocycles. The Balaban J connectivity index is 2.00. The number of hydrogen-bond donors (Lipinski definition) is 0. The van der Waals surface area contributed by atoms with Gasteiger partial charge in [-0.05, 0) is 36.5 Å². The predicted octanol–water partition coefficient (Wildman–Crippen LogP) is 3.55. The normalized spacial score (nSPS) is 19.9. The number of fused-ring (bicyclic) bond motifs is 1. The van der Waals surface area contributed by atoms with Gasteiger partial charge in [0.05, 0.1) is 11.6 Å². The summed E-state index contributed by atoms with van der Waals surface area (Å²) in [5.41, 5.74) is 2.58. The molecule has 16 heavy (non-hydrogen) atoms. The molecule has 0 amide bonds. The van der Waals surface area contributed by atoms with Gasteiger partial charge in [-0.15, -0.1) is 5.10 Å². The third-order valence-corrected chi connectivity index (χ3v) is 3.85. The summed E-state index contributed by atoms with van der Waals surface area (Å²) in [6.45, 7) is 4.61.